The largest absolute Gasteiger partial charge is 0.465 e. The number of esters is 1. The van der Waals surface area contributed by atoms with Gasteiger partial charge >= 0.3 is 5.97 Å². The molecule has 1 heterocycles. The third kappa shape index (κ3) is 5.58. The lowest BCUT2D eigenvalue weighted by Crippen LogP contribution is -2.06. The number of anilines is 1. The minimum absolute atomic E-state index is 0.154. The average molecular weight is 254 g/mol. The number of rotatable bonds is 7. The van der Waals surface area contributed by atoms with Gasteiger partial charge in [0.25, 0.3) is 0 Å². The van der Waals surface area contributed by atoms with Crippen LogP contribution in [0.25, 0.3) is 0 Å². The first-order valence-electron chi connectivity index (χ1n) is 5.68. The predicted octanol–water partition coefficient (Wildman–Crippen LogP) is 2.31. The lowest BCUT2D eigenvalue weighted by Gasteiger charge is -2.05. The Kier molecular flexibility index (Phi) is 6.47. The zero-order chi connectivity index (χ0) is 12.5. The molecule has 0 aliphatic heterocycles. The normalized spacial score (nSPS) is 10.0. The minimum atomic E-state index is -0.154. The predicted molar refractivity (Wildman–Crippen MR) is 71.2 cm³/mol. The van der Waals surface area contributed by atoms with E-state index in [0.717, 1.165) is 23.7 Å². The summed E-state index contributed by atoms with van der Waals surface area (Å²) in [5.41, 5.74) is 1.16. The van der Waals surface area contributed by atoms with Gasteiger partial charge in [-0.05, 0) is 31.5 Å². The van der Waals surface area contributed by atoms with Crippen molar-refractivity contribution in [1.82, 2.24) is 4.98 Å². The maximum absolute atomic E-state index is 11.1. The van der Waals surface area contributed by atoms with E-state index >= 15 is 0 Å². The Balaban J connectivity index is 2.35. The molecule has 1 aromatic rings. The molecule has 0 radical (unpaired) electrons. The number of pyridine rings is 1. The van der Waals surface area contributed by atoms with E-state index in [0.29, 0.717) is 12.4 Å². The first-order valence-corrected chi connectivity index (χ1v) is 6.84. The fraction of sp³-hybridized carbons (Fsp3) is 0.500. The summed E-state index contributed by atoms with van der Waals surface area (Å²) < 4.78 is 4.86. The smallest absolute Gasteiger partial charge is 0.315 e. The van der Waals surface area contributed by atoms with Gasteiger partial charge in [-0.15, -0.1) is 11.8 Å². The zero-order valence-corrected chi connectivity index (χ0v) is 11.0. The van der Waals surface area contributed by atoms with Crippen LogP contribution >= 0.6 is 11.8 Å². The van der Waals surface area contributed by atoms with E-state index in [1.807, 2.05) is 26.0 Å². The topological polar surface area (TPSA) is 51.2 Å². The van der Waals surface area contributed by atoms with Gasteiger partial charge in [0, 0.05) is 18.5 Å². The van der Waals surface area contributed by atoms with Crippen molar-refractivity contribution >= 4 is 23.5 Å². The number of ether oxygens (including phenoxy) is 1. The van der Waals surface area contributed by atoms with Crippen LogP contribution in [0.5, 0.6) is 0 Å². The lowest BCUT2D eigenvalue weighted by molar-refractivity contribution is -0.139. The molecule has 4 nitrogen and oxygen atoms in total. The summed E-state index contributed by atoms with van der Waals surface area (Å²) in [4.78, 5) is 15.3. The average Bonchev–Trinajstić information content (AvgIpc) is 2.30. The molecule has 0 aliphatic rings. The van der Waals surface area contributed by atoms with Crippen molar-refractivity contribution in [3.63, 3.8) is 0 Å². The standard InChI is InChI=1S/C12H18N2O2S/c1-3-13-11-7-10(5-6-14-11)8-17-9-12(15)16-4-2/h5-7H,3-4,8-9H2,1-2H3,(H,13,14). The molecule has 0 amide bonds. The van der Waals surface area contributed by atoms with E-state index in [9.17, 15) is 4.79 Å². The Bertz CT molecular complexity index is 358. The molecule has 0 atom stereocenters. The molecule has 0 fully saturated rings. The SMILES string of the molecule is CCNc1cc(CSCC(=O)OCC)ccn1. The Morgan fingerprint density at radius 2 is 2.35 bits per heavy atom. The molecule has 0 unspecified atom stereocenters. The fourth-order valence-corrected chi connectivity index (χ4v) is 2.06. The van der Waals surface area contributed by atoms with Gasteiger partial charge in [-0.2, -0.15) is 0 Å². The molecule has 0 aliphatic carbocycles. The quantitative estimate of drug-likeness (QED) is 0.757. The molecule has 94 valence electrons. The lowest BCUT2D eigenvalue weighted by atomic mass is 10.3. The number of thioether (sulfide) groups is 1. The second kappa shape index (κ2) is 7.95. The molecular formula is C12H18N2O2S. The molecular weight excluding hydrogens is 236 g/mol. The van der Waals surface area contributed by atoms with Crippen molar-refractivity contribution in [2.24, 2.45) is 0 Å². The molecule has 0 bridgehead atoms. The monoisotopic (exact) mass is 254 g/mol. The van der Waals surface area contributed by atoms with Gasteiger partial charge in [-0.1, -0.05) is 0 Å². The second-order valence-electron chi connectivity index (χ2n) is 3.38. The van der Waals surface area contributed by atoms with Crippen molar-refractivity contribution in [3.8, 4) is 0 Å². The van der Waals surface area contributed by atoms with Crippen LogP contribution < -0.4 is 5.32 Å². The molecule has 0 aromatic carbocycles. The number of hydrogen-bond acceptors (Lipinski definition) is 5. The summed E-state index contributed by atoms with van der Waals surface area (Å²) in [6.07, 6.45) is 1.78. The van der Waals surface area contributed by atoms with Gasteiger partial charge in [0.05, 0.1) is 12.4 Å². The highest BCUT2D eigenvalue weighted by Gasteiger charge is 2.02. The Hall–Kier alpha value is -1.23. The zero-order valence-electron chi connectivity index (χ0n) is 10.2. The van der Waals surface area contributed by atoms with Gasteiger partial charge in [0.1, 0.15) is 5.82 Å². The highest BCUT2D eigenvalue weighted by molar-refractivity contribution is 7.99. The number of nitrogens with one attached hydrogen (secondary N) is 1. The summed E-state index contributed by atoms with van der Waals surface area (Å²) >= 11 is 1.55. The van der Waals surface area contributed by atoms with Crippen molar-refractivity contribution in [2.75, 3.05) is 24.2 Å². The molecule has 17 heavy (non-hydrogen) atoms. The Morgan fingerprint density at radius 1 is 1.53 bits per heavy atom. The third-order valence-corrected chi connectivity index (χ3v) is 2.95. The Labute approximate surface area is 106 Å². The van der Waals surface area contributed by atoms with Crippen LogP contribution in [-0.2, 0) is 15.3 Å². The summed E-state index contributed by atoms with van der Waals surface area (Å²) in [5.74, 6) is 1.91. The van der Waals surface area contributed by atoms with Crippen LogP contribution in [0.3, 0.4) is 0 Å². The molecule has 1 aromatic heterocycles. The van der Waals surface area contributed by atoms with Crippen LogP contribution in [0.4, 0.5) is 5.82 Å². The van der Waals surface area contributed by atoms with Crippen LogP contribution in [-0.4, -0.2) is 29.9 Å². The maximum Gasteiger partial charge on any atom is 0.315 e. The van der Waals surface area contributed by atoms with E-state index in [-0.39, 0.29) is 5.97 Å². The van der Waals surface area contributed by atoms with Crippen molar-refractivity contribution in [3.05, 3.63) is 23.9 Å². The van der Waals surface area contributed by atoms with E-state index in [2.05, 4.69) is 10.3 Å². The molecule has 0 spiro atoms. The molecule has 0 saturated heterocycles. The van der Waals surface area contributed by atoms with Gasteiger partial charge in [0.15, 0.2) is 0 Å². The van der Waals surface area contributed by atoms with Gasteiger partial charge in [0.2, 0.25) is 0 Å². The number of aromatic nitrogens is 1. The van der Waals surface area contributed by atoms with Crippen molar-refractivity contribution in [1.29, 1.82) is 0 Å². The molecule has 0 saturated carbocycles. The van der Waals surface area contributed by atoms with E-state index in [4.69, 9.17) is 4.74 Å². The second-order valence-corrected chi connectivity index (χ2v) is 4.36. The third-order valence-electron chi connectivity index (χ3n) is 1.98. The number of carbonyl (C=O) groups excluding carboxylic acids is 1. The summed E-state index contributed by atoms with van der Waals surface area (Å²) in [7, 11) is 0. The fourth-order valence-electron chi connectivity index (χ4n) is 1.30. The van der Waals surface area contributed by atoms with Crippen molar-refractivity contribution in [2.45, 2.75) is 19.6 Å². The number of carbonyl (C=O) groups is 1. The van der Waals surface area contributed by atoms with Gasteiger partial charge < -0.3 is 10.1 Å². The van der Waals surface area contributed by atoms with Crippen LogP contribution in [0, 0.1) is 0 Å². The summed E-state index contributed by atoms with van der Waals surface area (Å²) in [5, 5.41) is 3.16. The van der Waals surface area contributed by atoms with E-state index in [1.165, 1.54) is 0 Å². The van der Waals surface area contributed by atoms with Gasteiger partial charge in [-0.3, -0.25) is 4.79 Å². The first kappa shape index (κ1) is 13.8. The molecule has 1 N–H and O–H groups in total. The molecule has 1 rings (SSSR count). The first-order chi connectivity index (χ1) is 8.26. The number of nitrogens with zero attached hydrogens (tertiary/aromatic N) is 1. The van der Waals surface area contributed by atoms with Crippen LogP contribution in [0.2, 0.25) is 0 Å². The highest BCUT2D eigenvalue weighted by atomic mass is 32.2. The van der Waals surface area contributed by atoms with Gasteiger partial charge in [-0.25, -0.2) is 4.98 Å². The molecule has 5 heteroatoms. The van der Waals surface area contributed by atoms with Crippen LogP contribution in [0.1, 0.15) is 19.4 Å². The van der Waals surface area contributed by atoms with Crippen molar-refractivity contribution < 1.29 is 9.53 Å². The Morgan fingerprint density at radius 3 is 3.06 bits per heavy atom. The number of hydrogen-bond donors (Lipinski definition) is 1. The maximum atomic E-state index is 11.1. The van der Waals surface area contributed by atoms with Crippen LogP contribution in [0.15, 0.2) is 18.3 Å². The summed E-state index contributed by atoms with van der Waals surface area (Å²) in [6.45, 7) is 5.14. The minimum Gasteiger partial charge on any atom is -0.465 e. The highest BCUT2D eigenvalue weighted by Crippen LogP contribution is 2.14. The summed E-state index contributed by atoms with van der Waals surface area (Å²) in [6, 6.07) is 3.96. The van der Waals surface area contributed by atoms with E-state index in [1.54, 1.807) is 18.0 Å². The van der Waals surface area contributed by atoms with E-state index < -0.39 is 0 Å².